The lowest BCUT2D eigenvalue weighted by atomic mass is 10.2. The maximum atomic E-state index is 12.2. The molecular weight excluding hydrogens is 358 g/mol. The van der Waals surface area contributed by atoms with Gasteiger partial charge in [0.05, 0.1) is 29.5 Å². The van der Waals surface area contributed by atoms with Gasteiger partial charge in [-0.1, -0.05) is 25.6 Å². The molecule has 1 heterocycles. The van der Waals surface area contributed by atoms with Crippen LogP contribution in [0.5, 0.6) is 5.75 Å². The Kier molecular flexibility index (Phi) is 6.56. The fourth-order valence-electron chi connectivity index (χ4n) is 2.34. The highest BCUT2D eigenvalue weighted by atomic mass is 32.2. The van der Waals surface area contributed by atoms with Crippen molar-refractivity contribution in [1.29, 1.82) is 0 Å². The Hall–Kier alpha value is -2.62. The number of benzene rings is 1. The van der Waals surface area contributed by atoms with E-state index in [1.165, 1.54) is 37.1 Å². The van der Waals surface area contributed by atoms with E-state index < -0.39 is 4.92 Å². The average Bonchev–Trinajstić information content (AvgIpc) is 3.03. The van der Waals surface area contributed by atoms with E-state index in [1.54, 1.807) is 0 Å². The van der Waals surface area contributed by atoms with Gasteiger partial charge < -0.3 is 14.6 Å². The number of non-ortho nitro benzene ring substituents is 1. The van der Waals surface area contributed by atoms with Crippen molar-refractivity contribution in [2.45, 2.75) is 38.4 Å². The Balaban J connectivity index is 2.05. The number of methoxy groups -OCH3 is 1. The summed E-state index contributed by atoms with van der Waals surface area (Å²) in [7, 11) is 1.39. The zero-order chi connectivity index (χ0) is 19.3. The molecule has 1 aromatic carbocycles. The molecule has 26 heavy (non-hydrogen) atoms. The zero-order valence-electron chi connectivity index (χ0n) is 15.1. The van der Waals surface area contributed by atoms with E-state index in [1.807, 2.05) is 25.3 Å². The van der Waals surface area contributed by atoms with Crippen molar-refractivity contribution in [3.8, 4) is 5.75 Å². The molecule has 0 aliphatic rings. The smallest absolute Gasteiger partial charge is 0.273 e. The van der Waals surface area contributed by atoms with Crippen LogP contribution in [0.25, 0.3) is 0 Å². The number of nitro groups is 1. The lowest BCUT2D eigenvalue weighted by Gasteiger charge is -2.11. The van der Waals surface area contributed by atoms with Crippen LogP contribution in [0.1, 0.15) is 32.5 Å². The molecule has 1 N–H and O–H groups in total. The van der Waals surface area contributed by atoms with Crippen molar-refractivity contribution < 1.29 is 14.5 Å². The molecule has 0 spiro atoms. The fraction of sp³-hybridized carbons (Fsp3) is 0.438. The van der Waals surface area contributed by atoms with Crippen molar-refractivity contribution in [1.82, 2.24) is 14.8 Å². The van der Waals surface area contributed by atoms with Gasteiger partial charge in [0.25, 0.3) is 5.69 Å². The van der Waals surface area contributed by atoms with Crippen molar-refractivity contribution in [3.63, 3.8) is 0 Å². The molecule has 0 saturated carbocycles. The number of ether oxygens (including phenoxy) is 1. The van der Waals surface area contributed by atoms with Gasteiger partial charge in [0.15, 0.2) is 5.16 Å². The van der Waals surface area contributed by atoms with Crippen molar-refractivity contribution in [2.75, 3.05) is 18.2 Å². The molecule has 10 heteroatoms. The van der Waals surface area contributed by atoms with Crippen LogP contribution in [0.15, 0.2) is 23.4 Å². The number of anilines is 1. The largest absolute Gasteiger partial charge is 0.494 e. The highest BCUT2D eigenvalue weighted by Gasteiger charge is 2.17. The molecule has 9 nitrogen and oxygen atoms in total. The number of amides is 1. The summed E-state index contributed by atoms with van der Waals surface area (Å²) in [6, 6.07) is 4.03. The average molecular weight is 379 g/mol. The summed E-state index contributed by atoms with van der Waals surface area (Å²) >= 11 is 1.29. The van der Waals surface area contributed by atoms with Gasteiger partial charge in [0, 0.05) is 18.5 Å². The Morgan fingerprint density at radius 2 is 2.15 bits per heavy atom. The number of rotatable bonds is 8. The van der Waals surface area contributed by atoms with Crippen LogP contribution in [0.3, 0.4) is 0 Å². The third kappa shape index (κ3) is 4.51. The topological polar surface area (TPSA) is 112 Å². The van der Waals surface area contributed by atoms with Crippen molar-refractivity contribution >= 4 is 29.0 Å². The van der Waals surface area contributed by atoms with E-state index in [4.69, 9.17) is 4.74 Å². The summed E-state index contributed by atoms with van der Waals surface area (Å²) in [5.41, 5.74) is 0.273. The first-order chi connectivity index (χ1) is 12.4. The van der Waals surface area contributed by atoms with Crippen LogP contribution >= 0.6 is 11.8 Å². The molecule has 0 bridgehead atoms. The molecule has 0 unspecified atom stereocenters. The number of carbonyl (C=O) groups is 1. The first-order valence-electron chi connectivity index (χ1n) is 8.05. The summed E-state index contributed by atoms with van der Waals surface area (Å²) < 4.78 is 7.09. The van der Waals surface area contributed by atoms with Crippen LogP contribution in [-0.2, 0) is 11.3 Å². The highest BCUT2D eigenvalue weighted by molar-refractivity contribution is 7.99. The van der Waals surface area contributed by atoms with E-state index in [2.05, 4.69) is 15.5 Å². The monoisotopic (exact) mass is 379 g/mol. The molecule has 140 valence electrons. The third-order valence-corrected chi connectivity index (χ3v) is 4.55. The van der Waals surface area contributed by atoms with Crippen molar-refractivity contribution in [3.05, 3.63) is 34.1 Å². The standard InChI is InChI=1S/C16H21N5O4S/c1-5-20-15(10(2)3)18-19-16(20)26-9-14(22)17-12-7-6-11(21(23)24)8-13(12)25-4/h6-8,10H,5,9H2,1-4H3,(H,17,22). The summed E-state index contributed by atoms with van der Waals surface area (Å²) in [6.45, 7) is 6.80. The van der Waals surface area contributed by atoms with Gasteiger partial charge in [0.1, 0.15) is 11.6 Å². The second kappa shape index (κ2) is 8.65. The van der Waals surface area contributed by atoms with Gasteiger partial charge in [-0.25, -0.2) is 0 Å². The number of hydrogen-bond acceptors (Lipinski definition) is 7. The first kappa shape index (κ1) is 19.7. The molecule has 2 aromatic rings. The van der Waals surface area contributed by atoms with Gasteiger partial charge in [-0.2, -0.15) is 0 Å². The van der Waals surface area contributed by atoms with Crippen LogP contribution in [0.4, 0.5) is 11.4 Å². The van der Waals surface area contributed by atoms with E-state index in [9.17, 15) is 14.9 Å². The Morgan fingerprint density at radius 3 is 2.73 bits per heavy atom. The molecule has 0 aliphatic heterocycles. The van der Waals surface area contributed by atoms with Gasteiger partial charge in [-0.05, 0) is 13.0 Å². The van der Waals surface area contributed by atoms with E-state index in [0.29, 0.717) is 10.8 Å². The normalized spacial score (nSPS) is 10.8. The Labute approximate surface area is 155 Å². The molecule has 2 rings (SSSR count). The van der Waals surface area contributed by atoms with Crippen molar-refractivity contribution in [2.24, 2.45) is 0 Å². The molecule has 1 aromatic heterocycles. The molecule has 0 atom stereocenters. The molecule has 0 saturated heterocycles. The number of nitro benzene ring substituents is 1. The Bertz CT molecular complexity index is 806. The second-order valence-corrected chi connectivity index (χ2v) is 6.66. The van der Waals surface area contributed by atoms with Gasteiger partial charge in [-0.3, -0.25) is 14.9 Å². The summed E-state index contributed by atoms with van der Waals surface area (Å²) in [5.74, 6) is 1.23. The number of nitrogens with one attached hydrogen (secondary N) is 1. The lowest BCUT2D eigenvalue weighted by Crippen LogP contribution is -2.15. The SMILES string of the molecule is CCn1c(SCC(=O)Nc2ccc([N+](=O)[O-])cc2OC)nnc1C(C)C. The maximum Gasteiger partial charge on any atom is 0.273 e. The minimum absolute atomic E-state index is 0.105. The van der Waals surface area contributed by atoms with Gasteiger partial charge in [0.2, 0.25) is 5.91 Å². The van der Waals surface area contributed by atoms with E-state index in [-0.39, 0.29) is 29.0 Å². The second-order valence-electron chi connectivity index (χ2n) is 5.72. The zero-order valence-corrected chi connectivity index (χ0v) is 15.9. The summed E-state index contributed by atoms with van der Waals surface area (Å²) in [4.78, 5) is 22.5. The number of nitrogens with zero attached hydrogens (tertiary/aromatic N) is 4. The highest BCUT2D eigenvalue weighted by Crippen LogP contribution is 2.29. The number of thioether (sulfide) groups is 1. The quantitative estimate of drug-likeness (QED) is 0.426. The maximum absolute atomic E-state index is 12.2. The first-order valence-corrected chi connectivity index (χ1v) is 9.04. The number of carbonyl (C=O) groups excluding carboxylic acids is 1. The van der Waals surface area contributed by atoms with E-state index in [0.717, 1.165) is 12.4 Å². The van der Waals surface area contributed by atoms with Gasteiger partial charge >= 0.3 is 0 Å². The van der Waals surface area contributed by atoms with Crippen LogP contribution < -0.4 is 10.1 Å². The molecular formula is C16H21N5O4S. The number of aromatic nitrogens is 3. The van der Waals surface area contributed by atoms with Gasteiger partial charge in [-0.15, -0.1) is 10.2 Å². The molecule has 0 radical (unpaired) electrons. The van der Waals surface area contributed by atoms with E-state index >= 15 is 0 Å². The van der Waals surface area contributed by atoms with Crippen LogP contribution in [-0.4, -0.2) is 38.5 Å². The Morgan fingerprint density at radius 1 is 1.42 bits per heavy atom. The lowest BCUT2D eigenvalue weighted by molar-refractivity contribution is -0.384. The molecule has 1 amide bonds. The minimum Gasteiger partial charge on any atom is -0.494 e. The minimum atomic E-state index is -0.520. The summed E-state index contributed by atoms with van der Waals surface area (Å²) in [6.07, 6.45) is 0. The third-order valence-electron chi connectivity index (χ3n) is 3.58. The summed E-state index contributed by atoms with van der Waals surface area (Å²) in [5, 5.41) is 22.5. The van der Waals surface area contributed by atoms with Crippen LogP contribution in [0.2, 0.25) is 0 Å². The molecule has 0 fully saturated rings. The fourth-order valence-corrected chi connectivity index (χ4v) is 3.15. The molecule has 0 aliphatic carbocycles. The predicted octanol–water partition coefficient (Wildman–Crippen LogP) is 3.07. The van der Waals surface area contributed by atoms with Crippen LogP contribution in [0, 0.1) is 10.1 Å². The number of hydrogen-bond donors (Lipinski definition) is 1. The predicted molar refractivity (Wildman–Crippen MR) is 98.8 cm³/mol.